The Morgan fingerprint density at radius 1 is 1.00 bits per heavy atom. The van der Waals surface area contributed by atoms with E-state index in [-0.39, 0.29) is 5.97 Å². The maximum absolute atomic E-state index is 11.7. The van der Waals surface area contributed by atoms with E-state index in [4.69, 9.17) is 4.43 Å². The van der Waals surface area contributed by atoms with E-state index in [0.29, 0.717) is 12.3 Å². The van der Waals surface area contributed by atoms with Gasteiger partial charge in [0.25, 0.3) is 5.97 Å². The molecule has 2 nitrogen and oxygen atoms in total. The molecule has 0 aliphatic rings. The van der Waals surface area contributed by atoms with Crippen molar-refractivity contribution in [3.8, 4) is 0 Å². The Morgan fingerprint density at radius 2 is 1.55 bits per heavy atom. The largest absolute Gasteiger partial charge is 0.525 e. The van der Waals surface area contributed by atoms with E-state index in [9.17, 15) is 4.79 Å². The predicted octanol–water partition coefficient (Wildman–Crippen LogP) is 4.05. The van der Waals surface area contributed by atoms with E-state index < -0.39 is 9.76 Å². The van der Waals surface area contributed by atoms with E-state index in [1.165, 1.54) is 11.1 Å². The van der Waals surface area contributed by atoms with Gasteiger partial charge in [-0.3, -0.25) is 4.79 Å². The van der Waals surface area contributed by atoms with Crippen molar-refractivity contribution in [2.45, 2.75) is 38.1 Å². The molecular formula is C19H24O2Si. The zero-order chi connectivity index (χ0) is 15.6. The van der Waals surface area contributed by atoms with Gasteiger partial charge in [-0.2, -0.15) is 0 Å². The second-order valence-corrected chi connectivity index (χ2v) is 6.76. The molecule has 0 N–H and O–H groups in total. The molecule has 0 aliphatic carbocycles. The molecule has 2 aromatic carbocycles. The molecule has 0 aliphatic heterocycles. The summed E-state index contributed by atoms with van der Waals surface area (Å²) in [7, 11) is -0.849. The number of hydrogen-bond acceptors (Lipinski definition) is 2. The Morgan fingerprint density at radius 3 is 2.05 bits per heavy atom. The third-order valence-electron chi connectivity index (χ3n) is 3.81. The van der Waals surface area contributed by atoms with Crippen molar-refractivity contribution in [1.29, 1.82) is 0 Å². The standard InChI is InChI=1S/C19H24O2Si/c1-2-3-14-19(20)21-22-15-18(16-10-6-4-7-11-16)17-12-8-5-9-13-17/h4-13,18H,2-3,14-15,22H2,1H3. The summed E-state index contributed by atoms with van der Waals surface area (Å²) in [6.07, 6.45) is 2.52. The molecule has 0 atom stereocenters. The van der Waals surface area contributed by atoms with Gasteiger partial charge in [0.15, 0.2) is 0 Å². The van der Waals surface area contributed by atoms with Gasteiger partial charge in [-0.25, -0.2) is 0 Å². The van der Waals surface area contributed by atoms with Gasteiger partial charge in [0.1, 0.15) is 0 Å². The predicted molar refractivity (Wildman–Crippen MR) is 93.7 cm³/mol. The molecule has 0 saturated carbocycles. The number of hydrogen-bond donors (Lipinski definition) is 0. The first-order valence-electron chi connectivity index (χ1n) is 8.06. The summed E-state index contributed by atoms with van der Waals surface area (Å²) in [5.41, 5.74) is 2.59. The van der Waals surface area contributed by atoms with Gasteiger partial charge < -0.3 is 4.43 Å². The minimum atomic E-state index is -0.849. The van der Waals surface area contributed by atoms with Crippen LogP contribution in [0.15, 0.2) is 60.7 Å². The van der Waals surface area contributed by atoms with Crippen molar-refractivity contribution in [2.75, 3.05) is 0 Å². The Balaban J connectivity index is 1.99. The second kappa shape index (κ2) is 9.21. The molecule has 2 aromatic rings. The molecule has 0 amide bonds. The molecule has 0 radical (unpaired) electrons. The molecule has 0 saturated heterocycles. The zero-order valence-electron chi connectivity index (χ0n) is 13.2. The van der Waals surface area contributed by atoms with Crippen molar-refractivity contribution in [2.24, 2.45) is 0 Å². The summed E-state index contributed by atoms with van der Waals surface area (Å²) < 4.78 is 5.52. The normalized spacial score (nSPS) is 11.2. The minimum absolute atomic E-state index is 0.0200. The lowest BCUT2D eigenvalue weighted by atomic mass is 9.93. The molecule has 0 heterocycles. The first-order valence-corrected chi connectivity index (χ1v) is 9.64. The number of rotatable bonds is 8. The first-order chi connectivity index (χ1) is 10.8. The van der Waals surface area contributed by atoms with Crippen molar-refractivity contribution in [3.63, 3.8) is 0 Å². The Bertz CT molecular complexity index is 515. The van der Waals surface area contributed by atoms with Crippen molar-refractivity contribution >= 4 is 15.7 Å². The van der Waals surface area contributed by atoms with Gasteiger partial charge in [-0.1, -0.05) is 74.0 Å². The van der Waals surface area contributed by atoms with Gasteiger partial charge in [0.2, 0.25) is 9.76 Å². The van der Waals surface area contributed by atoms with Crippen LogP contribution in [0.2, 0.25) is 6.04 Å². The fourth-order valence-corrected chi connectivity index (χ4v) is 3.97. The summed E-state index contributed by atoms with van der Waals surface area (Å²) in [6, 6.07) is 21.9. The van der Waals surface area contributed by atoms with Crippen LogP contribution in [0.3, 0.4) is 0 Å². The van der Waals surface area contributed by atoms with E-state index >= 15 is 0 Å². The van der Waals surface area contributed by atoms with Gasteiger partial charge in [0.05, 0.1) is 0 Å². The highest BCUT2D eigenvalue weighted by Gasteiger charge is 2.15. The molecule has 0 bridgehead atoms. The Labute approximate surface area is 135 Å². The molecule has 3 heteroatoms. The SMILES string of the molecule is CCCCC(=O)O[SiH2]CC(c1ccccc1)c1ccccc1. The average molecular weight is 312 g/mol. The number of carbonyl (C=O) groups is 1. The maximum Gasteiger partial charge on any atom is 0.292 e. The number of unbranched alkanes of at least 4 members (excludes halogenated alkanes) is 1. The van der Waals surface area contributed by atoms with Crippen LogP contribution in [-0.4, -0.2) is 15.7 Å². The molecule has 22 heavy (non-hydrogen) atoms. The molecule has 0 fully saturated rings. The molecule has 2 rings (SSSR count). The third kappa shape index (κ3) is 5.15. The van der Waals surface area contributed by atoms with E-state index in [1.807, 2.05) is 12.1 Å². The zero-order valence-corrected chi connectivity index (χ0v) is 14.6. The molecular weight excluding hydrogens is 288 g/mol. The Kier molecular flexibility index (Phi) is 6.90. The number of benzene rings is 2. The highest BCUT2D eigenvalue weighted by Crippen LogP contribution is 2.28. The van der Waals surface area contributed by atoms with Crippen LogP contribution < -0.4 is 0 Å². The first kappa shape index (κ1) is 16.5. The average Bonchev–Trinajstić information content (AvgIpc) is 2.58. The van der Waals surface area contributed by atoms with E-state index in [2.05, 4.69) is 55.5 Å². The minimum Gasteiger partial charge on any atom is -0.525 e. The summed E-state index contributed by atoms with van der Waals surface area (Å²) in [5, 5.41) is 0. The summed E-state index contributed by atoms with van der Waals surface area (Å²) in [5.74, 6) is 0.307. The highest BCUT2D eigenvalue weighted by atomic mass is 28.2. The fourth-order valence-electron chi connectivity index (χ4n) is 2.58. The van der Waals surface area contributed by atoms with Crippen molar-refractivity contribution < 1.29 is 9.22 Å². The quantitative estimate of drug-likeness (QED) is 0.687. The number of carbonyl (C=O) groups excluding carboxylic acids is 1. The molecule has 0 aromatic heterocycles. The van der Waals surface area contributed by atoms with Crippen LogP contribution in [0, 0.1) is 0 Å². The molecule has 116 valence electrons. The van der Waals surface area contributed by atoms with Gasteiger partial charge in [-0.05, 0) is 23.6 Å². The summed E-state index contributed by atoms with van der Waals surface area (Å²) in [6.45, 7) is 2.09. The van der Waals surface area contributed by atoms with Crippen LogP contribution in [0.1, 0.15) is 43.2 Å². The van der Waals surface area contributed by atoms with Gasteiger partial charge in [0, 0.05) is 12.3 Å². The monoisotopic (exact) mass is 312 g/mol. The van der Waals surface area contributed by atoms with Crippen LogP contribution in [0.5, 0.6) is 0 Å². The van der Waals surface area contributed by atoms with E-state index in [0.717, 1.165) is 18.9 Å². The van der Waals surface area contributed by atoms with E-state index in [1.54, 1.807) is 0 Å². The van der Waals surface area contributed by atoms with Gasteiger partial charge >= 0.3 is 0 Å². The fraction of sp³-hybridized carbons (Fsp3) is 0.316. The summed E-state index contributed by atoms with van der Waals surface area (Å²) >= 11 is 0. The highest BCUT2D eigenvalue weighted by molar-refractivity contribution is 6.30. The summed E-state index contributed by atoms with van der Waals surface area (Å²) in [4.78, 5) is 11.7. The maximum atomic E-state index is 11.7. The topological polar surface area (TPSA) is 26.3 Å². The molecule has 0 unspecified atom stereocenters. The van der Waals surface area contributed by atoms with Crippen molar-refractivity contribution in [1.82, 2.24) is 0 Å². The smallest absolute Gasteiger partial charge is 0.292 e. The van der Waals surface area contributed by atoms with Crippen LogP contribution in [0.4, 0.5) is 0 Å². The van der Waals surface area contributed by atoms with Crippen LogP contribution in [-0.2, 0) is 9.22 Å². The third-order valence-corrected chi connectivity index (χ3v) is 5.15. The van der Waals surface area contributed by atoms with Crippen molar-refractivity contribution in [3.05, 3.63) is 71.8 Å². The van der Waals surface area contributed by atoms with Crippen LogP contribution in [0.25, 0.3) is 0 Å². The van der Waals surface area contributed by atoms with Crippen LogP contribution >= 0.6 is 0 Å². The lowest BCUT2D eigenvalue weighted by Crippen LogP contribution is -2.12. The molecule has 0 spiro atoms. The van der Waals surface area contributed by atoms with Gasteiger partial charge in [-0.15, -0.1) is 0 Å². The lowest BCUT2D eigenvalue weighted by Gasteiger charge is -2.18. The lowest BCUT2D eigenvalue weighted by molar-refractivity contribution is -0.134. The second-order valence-electron chi connectivity index (χ2n) is 5.49. The Hall–Kier alpha value is -1.87.